The summed E-state index contributed by atoms with van der Waals surface area (Å²) in [6, 6.07) is 13.4. The molecule has 0 aromatic heterocycles. The third-order valence-electron chi connectivity index (χ3n) is 5.00. The fraction of sp³-hybridized carbons (Fsp3) is 0.400. The van der Waals surface area contributed by atoms with Gasteiger partial charge in [-0.05, 0) is 55.5 Å². The molecule has 2 aromatic rings. The van der Waals surface area contributed by atoms with Crippen molar-refractivity contribution >= 4 is 23.2 Å². The van der Waals surface area contributed by atoms with Crippen LogP contribution >= 0.6 is 23.2 Å². The number of phenolic OH excluding ortho intramolecular Hbond substituents is 1. The van der Waals surface area contributed by atoms with Crippen LogP contribution in [0.1, 0.15) is 55.8 Å². The molecule has 0 unspecified atom stereocenters. The molecule has 0 amide bonds. The summed E-state index contributed by atoms with van der Waals surface area (Å²) in [6.45, 7) is 2.06. The maximum atomic E-state index is 10.2. The monoisotopic (exact) mass is 363 g/mol. The maximum Gasteiger partial charge on any atom is 0.120 e. The molecule has 1 fully saturated rings. The van der Waals surface area contributed by atoms with Crippen LogP contribution in [0.2, 0.25) is 10.0 Å². The first-order valence-electron chi connectivity index (χ1n) is 8.55. The minimum absolute atomic E-state index is 0.0226. The van der Waals surface area contributed by atoms with E-state index in [9.17, 15) is 5.11 Å². The van der Waals surface area contributed by atoms with E-state index in [2.05, 4.69) is 18.3 Å². The molecule has 0 saturated heterocycles. The Hall–Kier alpha value is -1.22. The highest BCUT2D eigenvalue weighted by atomic mass is 35.5. The van der Waals surface area contributed by atoms with Crippen molar-refractivity contribution < 1.29 is 5.11 Å². The fourth-order valence-electron chi connectivity index (χ4n) is 3.73. The lowest BCUT2D eigenvalue weighted by Gasteiger charge is -2.30. The van der Waals surface area contributed by atoms with E-state index in [1.807, 2.05) is 24.3 Å². The van der Waals surface area contributed by atoms with E-state index in [-0.39, 0.29) is 17.8 Å². The summed E-state index contributed by atoms with van der Waals surface area (Å²) in [6.07, 6.45) is 4.95. The van der Waals surface area contributed by atoms with E-state index in [0.717, 1.165) is 16.1 Å². The Labute approximate surface area is 153 Å². The second-order valence-corrected chi connectivity index (χ2v) is 7.48. The predicted octanol–water partition coefficient (Wildman–Crippen LogP) is 6.28. The summed E-state index contributed by atoms with van der Waals surface area (Å²) in [5, 5.41) is 15.3. The molecule has 2 nitrogen and oxygen atoms in total. The van der Waals surface area contributed by atoms with E-state index in [0.29, 0.717) is 10.9 Å². The van der Waals surface area contributed by atoms with Crippen molar-refractivity contribution in [3.05, 3.63) is 63.6 Å². The minimum Gasteiger partial charge on any atom is -0.508 e. The third kappa shape index (κ3) is 3.88. The van der Waals surface area contributed by atoms with Gasteiger partial charge < -0.3 is 10.4 Å². The molecule has 2 aromatic carbocycles. The van der Waals surface area contributed by atoms with E-state index in [1.54, 1.807) is 12.1 Å². The first kappa shape index (κ1) is 17.6. The average Bonchev–Trinajstić information content (AvgIpc) is 3.10. The number of benzene rings is 2. The Morgan fingerprint density at radius 2 is 1.75 bits per heavy atom. The van der Waals surface area contributed by atoms with Gasteiger partial charge >= 0.3 is 0 Å². The molecular weight excluding hydrogens is 341 g/mol. The highest BCUT2D eigenvalue weighted by Crippen LogP contribution is 2.40. The van der Waals surface area contributed by atoms with Crippen LogP contribution in [0.5, 0.6) is 5.75 Å². The number of aromatic hydroxyl groups is 1. The van der Waals surface area contributed by atoms with Gasteiger partial charge in [0.05, 0.1) is 0 Å². The van der Waals surface area contributed by atoms with E-state index >= 15 is 0 Å². The van der Waals surface area contributed by atoms with E-state index < -0.39 is 0 Å². The number of hydrogen-bond acceptors (Lipinski definition) is 2. The summed E-state index contributed by atoms with van der Waals surface area (Å²) in [7, 11) is 0. The summed E-state index contributed by atoms with van der Waals surface area (Å²) in [5.41, 5.74) is 1.96. The molecule has 1 saturated carbocycles. The Morgan fingerprint density at radius 3 is 2.46 bits per heavy atom. The van der Waals surface area contributed by atoms with Gasteiger partial charge in [0.25, 0.3) is 0 Å². The standard InChI is InChI=1S/C20H23Cl2NO/c1-13(17-12-15(21)10-11-19(17)24)23-20(14-6-2-3-7-14)16-8-4-5-9-18(16)22/h4-5,8-14,20,23-24H,2-3,6-7H2,1H3/t13-,20-/m1/s1. The summed E-state index contributed by atoms with van der Waals surface area (Å²) in [5.74, 6) is 0.831. The third-order valence-corrected chi connectivity index (χ3v) is 5.58. The first-order valence-corrected chi connectivity index (χ1v) is 9.30. The number of rotatable bonds is 5. The highest BCUT2D eigenvalue weighted by Gasteiger charge is 2.29. The summed E-state index contributed by atoms with van der Waals surface area (Å²) in [4.78, 5) is 0. The summed E-state index contributed by atoms with van der Waals surface area (Å²) >= 11 is 12.6. The number of hydrogen-bond donors (Lipinski definition) is 2. The Morgan fingerprint density at radius 1 is 1.04 bits per heavy atom. The van der Waals surface area contributed by atoms with Crippen LogP contribution in [0.25, 0.3) is 0 Å². The zero-order chi connectivity index (χ0) is 17.1. The van der Waals surface area contributed by atoms with Crippen molar-refractivity contribution in [3.63, 3.8) is 0 Å². The molecule has 0 aliphatic heterocycles. The lowest BCUT2D eigenvalue weighted by molar-refractivity contribution is 0.334. The minimum atomic E-state index is -0.0226. The molecule has 3 rings (SSSR count). The van der Waals surface area contributed by atoms with Crippen molar-refractivity contribution in [1.82, 2.24) is 5.32 Å². The number of phenols is 1. The van der Waals surface area contributed by atoms with Crippen LogP contribution in [0.4, 0.5) is 0 Å². The summed E-state index contributed by atoms with van der Waals surface area (Å²) < 4.78 is 0. The van der Waals surface area contributed by atoms with Crippen molar-refractivity contribution in [2.45, 2.75) is 44.7 Å². The molecule has 2 N–H and O–H groups in total. The lowest BCUT2D eigenvalue weighted by atomic mass is 9.90. The van der Waals surface area contributed by atoms with Gasteiger partial charge in [0.1, 0.15) is 5.75 Å². The lowest BCUT2D eigenvalue weighted by Crippen LogP contribution is -2.30. The van der Waals surface area contributed by atoms with Gasteiger partial charge in [-0.3, -0.25) is 0 Å². The SMILES string of the molecule is C[C@@H](N[C@@H](c1ccccc1Cl)C1CCCC1)c1cc(Cl)ccc1O. The van der Waals surface area contributed by atoms with Crippen LogP contribution in [0.15, 0.2) is 42.5 Å². The van der Waals surface area contributed by atoms with Gasteiger partial charge in [-0.15, -0.1) is 0 Å². The van der Waals surface area contributed by atoms with Crippen molar-refractivity contribution in [1.29, 1.82) is 0 Å². The molecule has 0 bridgehead atoms. The molecule has 0 spiro atoms. The molecule has 1 aliphatic carbocycles. The van der Waals surface area contributed by atoms with Gasteiger partial charge in [0.2, 0.25) is 0 Å². The van der Waals surface area contributed by atoms with Crippen molar-refractivity contribution in [2.75, 3.05) is 0 Å². The molecule has 0 heterocycles. The zero-order valence-electron chi connectivity index (χ0n) is 13.8. The van der Waals surface area contributed by atoms with Crippen molar-refractivity contribution in [2.24, 2.45) is 5.92 Å². The quantitative estimate of drug-likeness (QED) is 0.654. The Kier molecular flexibility index (Phi) is 5.70. The van der Waals surface area contributed by atoms with Crippen LogP contribution in [-0.4, -0.2) is 5.11 Å². The normalized spacial score (nSPS) is 17.8. The van der Waals surface area contributed by atoms with Crippen LogP contribution < -0.4 is 5.32 Å². The van der Waals surface area contributed by atoms with E-state index in [1.165, 1.54) is 25.7 Å². The molecular formula is C20H23Cl2NO. The first-order chi connectivity index (χ1) is 11.6. The molecule has 1 aliphatic rings. The fourth-order valence-corrected chi connectivity index (χ4v) is 4.16. The Balaban J connectivity index is 1.89. The molecule has 2 atom stereocenters. The van der Waals surface area contributed by atoms with Crippen LogP contribution in [0.3, 0.4) is 0 Å². The van der Waals surface area contributed by atoms with Gasteiger partial charge in [0, 0.05) is 27.7 Å². The second kappa shape index (κ2) is 7.77. The van der Waals surface area contributed by atoms with Crippen molar-refractivity contribution in [3.8, 4) is 5.75 Å². The van der Waals surface area contributed by atoms with Crippen LogP contribution in [0, 0.1) is 5.92 Å². The molecule has 0 radical (unpaired) electrons. The molecule has 24 heavy (non-hydrogen) atoms. The van der Waals surface area contributed by atoms with Gasteiger partial charge in [-0.2, -0.15) is 0 Å². The van der Waals surface area contributed by atoms with Gasteiger partial charge in [-0.25, -0.2) is 0 Å². The second-order valence-electron chi connectivity index (χ2n) is 6.64. The number of halogens is 2. The predicted molar refractivity (Wildman–Crippen MR) is 101 cm³/mol. The molecule has 4 heteroatoms. The maximum absolute atomic E-state index is 10.2. The van der Waals surface area contributed by atoms with E-state index in [4.69, 9.17) is 23.2 Å². The zero-order valence-corrected chi connectivity index (χ0v) is 15.3. The highest BCUT2D eigenvalue weighted by molar-refractivity contribution is 6.31. The molecule has 128 valence electrons. The van der Waals surface area contributed by atoms with Crippen LogP contribution in [-0.2, 0) is 0 Å². The van der Waals surface area contributed by atoms with Gasteiger partial charge in [0.15, 0.2) is 0 Å². The average molecular weight is 364 g/mol. The Bertz CT molecular complexity index is 698. The smallest absolute Gasteiger partial charge is 0.120 e. The largest absolute Gasteiger partial charge is 0.508 e. The topological polar surface area (TPSA) is 32.3 Å². The number of nitrogens with one attached hydrogen (secondary N) is 1. The van der Waals surface area contributed by atoms with Gasteiger partial charge in [-0.1, -0.05) is 54.2 Å².